The number of amides is 1. The highest BCUT2D eigenvalue weighted by molar-refractivity contribution is 5.73. The predicted octanol–water partition coefficient (Wildman–Crippen LogP) is 0.763. The van der Waals surface area contributed by atoms with Crippen LogP contribution in [-0.2, 0) is 35.1 Å². The molecule has 2 fully saturated rings. The van der Waals surface area contributed by atoms with Crippen LogP contribution < -0.4 is 5.32 Å². The van der Waals surface area contributed by atoms with Gasteiger partial charge in [0.15, 0.2) is 6.29 Å². The molecular weight excluding hydrogens is 314 g/mol. The standard InChI is InChI=1S/C17H21NO6/c1-10(19)18-14-16-15(24-16)13(9-21-11(2)20)23-17(14)22-8-12-6-4-3-5-7-12/h3-7,13-17H,8-9H2,1-2H3,(H,18,19)/t13-,14+,15-,16+,17-/m1/s1. The van der Waals surface area contributed by atoms with Crippen LogP contribution in [0.25, 0.3) is 0 Å². The van der Waals surface area contributed by atoms with Crippen molar-refractivity contribution in [3.8, 4) is 0 Å². The van der Waals surface area contributed by atoms with E-state index in [2.05, 4.69) is 5.32 Å². The molecule has 1 aromatic carbocycles. The van der Waals surface area contributed by atoms with E-state index in [1.807, 2.05) is 30.3 Å². The molecule has 0 aliphatic carbocycles. The van der Waals surface area contributed by atoms with Crippen LogP contribution in [0.3, 0.4) is 0 Å². The van der Waals surface area contributed by atoms with Crippen molar-refractivity contribution in [2.24, 2.45) is 0 Å². The molecule has 0 spiro atoms. The molecule has 0 aromatic heterocycles. The van der Waals surface area contributed by atoms with E-state index in [9.17, 15) is 9.59 Å². The zero-order valence-corrected chi connectivity index (χ0v) is 13.6. The van der Waals surface area contributed by atoms with E-state index in [0.29, 0.717) is 6.61 Å². The van der Waals surface area contributed by atoms with Gasteiger partial charge in [-0.1, -0.05) is 30.3 Å². The van der Waals surface area contributed by atoms with Crippen LogP contribution in [0.5, 0.6) is 0 Å². The summed E-state index contributed by atoms with van der Waals surface area (Å²) in [4.78, 5) is 22.4. The predicted molar refractivity (Wildman–Crippen MR) is 82.8 cm³/mol. The van der Waals surface area contributed by atoms with E-state index in [4.69, 9.17) is 18.9 Å². The van der Waals surface area contributed by atoms with Gasteiger partial charge in [0, 0.05) is 13.8 Å². The molecule has 2 heterocycles. The summed E-state index contributed by atoms with van der Waals surface area (Å²) in [5, 5.41) is 2.82. The van der Waals surface area contributed by atoms with Crippen molar-refractivity contribution in [1.82, 2.24) is 5.32 Å². The third-order valence-electron chi connectivity index (χ3n) is 3.96. The SMILES string of the molecule is CC(=O)N[C@@H]1[C@H](OCc2ccccc2)O[C@H](COC(C)=O)[C@H]2O[C@@H]12. The molecule has 7 heteroatoms. The fourth-order valence-electron chi connectivity index (χ4n) is 2.83. The molecule has 24 heavy (non-hydrogen) atoms. The first-order valence-corrected chi connectivity index (χ1v) is 7.91. The summed E-state index contributed by atoms with van der Waals surface area (Å²) < 4.78 is 22.4. The van der Waals surface area contributed by atoms with Gasteiger partial charge < -0.3 is 24.3 Å². The Balaban J connectivity index is 1.64. The van der Waals surface area contributed by atoms with Crippen molar-refractivity contribution in [1.29, 1.82) is 0 Å². The smallest absolute Gasteiger partial charge is 0.302 e. The fourth-order valence-corrected chi connectivity index (χ4v) is 2.83. The second-order valence-electron chi connectivity index (χ2n) is 5.93. The summed E-state index contributed by atoms with van der Waals surface area (Å²) in [6.45, 7) is 3.24. The first-order valence-electron chi connectivity index (χ1n) is 7.91. The number of rotatable bonds is 6. The molecule has 1 aromatic rings. The quantitative estimate of drug-likeness (QED) is 0.610. The second-order valence-corrected chi connectivity index (χ2v) is 5.93. The molecule has 1 N–H and O–H groups in total. The maximum Gasteiger partial charge on any atom is 0.302 e. The number of carbonyl (C=O) groups excluding carboxylic acids is 2. The van der Waals surface area contributed by atoms with Gasteiger partial charge in [-0.05, 0) is 5.56 Å². The summed E-state index contributed by atoms with van der Waals surface area (Å²) in [6, 6.07) is 9.29. The van der Waals surface area contributed by atoms with E-state index in [1.165, 1.54) is 13.8 Å². The Morgan fingerprint density at radius 1 is 1.12 bits per heavy atom. The van der Waals surface area contributed by atoms with Crippen molar-refractivity contribution in [2.75, 3.05) is 6.61 Å². The average Bonchev–Trinajstić information content (AvgIpc) is 3.34. The lowest BCUT2D eigenvalue weighted by Gasteiger charge is -2.33. The van der Waals surface area contributed by atoms with E-state index in [1.54, 1.807) is 0 Å². The number of benzene rings is 1. The third kappa shape index (κ3) is 4.11. The van der Waals surface area contributed by atoms with E-state index in [0.717, 1.165) is 5.56 Å². The van der Waals surface area contributed by atoms with Crippen LogP contribution in [0, 0.1) is 0 Å². The Hall–Kier alpha value is -1.96. The topological polar surface area (TPSA) is 86.4 Å². The highest BCUT2D eigenvalue weighted by atomic mass is 16.7. The number of epoxide rings is 1. The highest BCUT2D eigenvalue weighted by Gasteiger charge is 2.58. The zero-order valence-electron chi connectivity index (χ0n) is 13.6. The number of ether oxygens (including phenoxy) is 4. The van der Waals surface area contributed by atoms with Gasteiger partial charge in [-0.25, -0.2) is 0 Å². The first-order chi connectivity index (χ1) is 11.5. The molecule has 2 saturated heterocycles. The minimum atomic E-state index is -0.668. The molecule has 1 amide bonds. The van der Waals surface area contributed by atoms with Crippen LogP contribution in [-0.4, -0.2) is 49.1 Å². The summed E-state index contributed by atoms with van der Waals surface area (Å²) in [5.74, 6) is -0.550. The number of esters is 1. The van der Waals surface area contributed by atoms with Gasteiger partial charge in [0.2, 0.25) is 5.91 Å². The number of hydrogen-bond donors (Lipinski definition) is 1. The molecule has 5 atom stereocenters. The van der Waals surface area contributed by atoms with Crippen LogP contribution in [0.2, 0.25) is 0 Å². The van der Waals surface area contributed by atoms with Gasteiger partial charge >= 0.3 is 5.97 Å². The van der Waals surface area contributed by atoms with Gasteiger partial charge in [-0.15, -0.1) is 0 Å². The lowest BCUT2D eigenvalue weighted by atomic mass is 10.0. The lowest BCUT2D eigenvalue weighted by Crippen LogP contribution is -2.55. The monoisotopic (exact) mass is 335 g/mol. The molecule has 7 nitrogen and oxygen atoms in total. The number of carbonyl (C=O) groups is 2. The van der Waals surface area contributed by atoms with Crippen molar-refractivity contribution in [3.05, 3.63) is 35.9 Å². The molecule has 2 aliphatic heterocycles. The van der Waals surface area contributed by atoms with Crippen molar-refractivity contribution in [3.63, 3.8) is 0 Å². The highest BCUT2D eigenvalue weighted by Crippen LogP contribution is 2.38. The van der Waals surface area contributed by atoms with Gasteiger partial charge in [-0.3, -0.25) is 9.59 Å². The molecule has 0 saturated carbocycles. The summed E-state index contributed by atoms with van der Waals surface area (Å²) in [5.41, 5.74) is 0.998. The summed E-state index contributed by atoms with van der Waals surface area (Å²) >= 11 is 0. The molecule has 130 valence electrons. The number of hydrogen-bond acceptors (Lipinski definition) is 6. The van der Waals surface area contributed by atoms with Crippen molar-refractivity contribution in [2.45, 2.75) is 51.1 Å². The molecule has 2 aliphatic rings. The Morgan fingerprint density at radius 3 is 2.54 bits per heavy atom. The molecular formula is C17H21NO6. The Labute approximate surface area is 140 Å². The average molecular weight is 335 g/mol. The van der Waals surface area contributed by atoms with Crippen LogP contribution in [0.1, 0.15) is 19.4 Å². The van der Waals surface area contributed by atoms with Crippen molar-refractivity contribution >= 4 is 11.9 Å². The van der Waals surface area contributed by atoms with Gasteiger partial charge in [0.1, 0.15) is 31.0 Å². The first kappa shape index (κ1) is 16.9. The van der Waals surface area contributed by atoms with E-state index < -0.39 is 12.4 Å². The molecule has 0 unspecified atom stereocenters. The van der Waals surface area contributed by atoms with E-state index >= 15 is 0 Å². The Kier molecular flexibility index (Phi) is 5.13. The minimum Gasteiger partial charge on any atom is -0.463 e. The van der Waals surface area contributed by atoms with Gasteiger partial charge in [0.05, 0.1) is 6.61 Å². The summed E-state index contributed by atoms with van der Waals surface area (Å²) in [7, 11) is 0. The Bertz CT molecular complexity index is 592. The maximum atomic E-state index is 11.4. The van der Waals surface area contributed by atoms with Crippen molar-refractivity contribution < 1.29 is 28.5 Å². The largest absolute Gasteiger partial charge is 0.463 e. The molecule has 3 rings (SSSR count). The van der Waals surface area contributed by atoms with Crippen LogP contribution in [0.15, 0.2) is 30.3 Å². The Morgan fingerprint density at radius 2 is 1.88 bits per heavy atom. The summed E-state index contributed by atoms with van der Waals surface area (Å²) in [6.07, 6.45) is -1.45. The van der Waals surface area contributed by atoms with E-state index in [-0.39, 0.29) is 36.7 Å². The second kappa shape index (κ2) is 7.29. The molecule has 0 bridgehead atoms. The van der Waals surface area contributed by atoms with Gasteiger partial charge in [0.25, 0.3) is 0 Å². The number of fused-ring (bicyclic) bond motifs is 1. The molecule has 0 radical (unpaired) electrons. The normalized spacial score (nSPS) is 31.0. The maximum absolute atomic E-state index is 11.4. The lowest BCUT2D eigenvalue weighted by molar-refractivity contribution is -0.214. The van der Waals surface area contributed by atoms with Crippen LogP contribution in [0.4, 0.5) is 0 Å². The number of nitrogens with one attached hydrogen (secondary N) is 1. The minimum absolute atomic E-state index is 0.106. The van der Waals surface area contributed by atoms with Gasteiger partial charge in [-0.2, -0.15) is 0 Å². The zero-order chi connectivity index (χ0) is 17.1. The fraction of sp³-hybridized carbons (Fsp3) is 0.529. The van der Waals surface area contributed by atoms with Crippen LogP contribution >= 0.6 is 0 Å². The third-order valence-corrected chi connectivity index (χ3v) is 3.96.